The molecule has 5 nitrogen and oxygen atoms in total. The zero-order chi connectivity index (χ0) is 18.9. The lowest BCUT2D eigenvalue weighted by Gasteiger charge is -2.23. The maximum atomic E-state index is 12.9. The Morgan fingerprint density at radius 3 is 2.38 bits per heavy atom. The number of hydrogen-bond donors (Lipinski definition) is 1. The number of amides is 1. The number of hydrogen-bond acceptors (Lipinski definition) is 3. The van der Waals surface area contributed by atoms with Gasteiger partial charge in [-0.05, 0) is 55.3 Å². The van der Waals surface area contributed by atoms with E-state index in [0.717, 1.165) is 0 Å². The standard InChI is InChI=1S/C17H15Cl3N2O3S/c18-11-3-6-13(7-4-11)26(24,25)22-9-1-2-16(22)17(23)21-15-10-12(19)5-8-14(15)20/h3-8,10,16H,1-2,9H2,(H,21,23)/t16-/m1/s1. The minimum atomic E-state index is -3.81. The molecule has 138 valence electrons. The smallest absolute Gasteiger partial charge is 0.243 e. The lowest BCUT2D eigenvalue weighted by molar-refractivity contribution is -0.119. The highest BCUT2D eigenvalue weighted by Gasteiger charge is 2.39. The molecule has 0 bridgehead atoms. The molecule has 0 saturated carbocycles. The molecular formula is C17H15Cl3N2O3S. The molecule has 1 atom stereocenters. The summed E-state index contributed by atoms with van der Waals surface area (Å²) in [4.78, 5) is 12.8. The molecule has 2 aromatic rings. The van der Waals surface area contributed by atoms with E-state index in [2.05, 4.69) is 5.32 Å². The van der Waals surface area contributed by atoms with Gasteiger partial charge in [-0.15, -0.1) is 0 Å². The Bertz CT molecular complexity index is 933. The third-order valence-electron chi connectivity index (χ3n) is 4.11. The van der Waals surface area contributed by atoms with Crippen LogP contribution in [0.15, 0.2) is 47.4 Å². The van der Waals surface area contributed by atoms with Crippen molar-refractivity contribution in [1.29, 1.82) is 0 Å². The number of benzene rings is 2. The first-order valence-corrected chi connectivity index (χ1v) is 10.4. The van der Waals surface area contributed by atoms with Crippen LogP contribution in [0.5, 0.6) is 0 Å². The van der Waals surface area contributed by atoms with Crippen molar-refractivity contribution in [3.05, 3.63) is 57.5 Å². The van der Waals surface area contributed by atoms with Crippen LogP contribution in [0.3, 0.4) is 0 Å². The number of carbonyl (C=O) groups excluding carboxylic acids is 1. The predicted octanol–water partition coefficient (Wildman–Crippen LogP) is 4.44. The van der Waals surface area contributed by atoms with Gasteiger partial charge in [0, 0.05) is 16.6 Å². The number of nitrogens with zero attached hydrogens (tertiary/aromatic N) is 1. The Morgan fingerprint density at radius 2 is 1.69 bits per heavy atom. The fourth-order valence-corrected chi connectivity index (χ4v) is 4.96. The highest BCUT2D eigenvalue weighted by Crippen LogP contribution is 2.30. The fourth-order valence-electron chi connectivity index (χ4n) is 2.84. The number of nitrogens with one attached hydrogen (secondary N) is 1. The van der Waals surface area contributed by atoms with Gasteiger partial charge < -0.3 is 5.32 Å². The minimum Gasteiger partial charge on any atom is -0.323 e. The molecule has 0 spiro atoms. The van der Waals surface area contributed by atoms with Crippen LogP contribution in [-0.2, 0) is 14.8 Å². The van der Waals surface area contributed by atoms with Crippen LogP contribution in [0.2, 0.25) is 15.1 Å². The Hall–Kier alpha value is -1.31. The van der Waals surface area contributed by atoms with Gasteiger partial charge >= 0.3 is 0 Å². The Labute approximate surface area is 166 Å². The molecule has 0 aromatic heterocycles. The molecular weight excluding hydrogens is 419 g/mol. The predicted molar refractivity (Wildman–Crippen MR) is 103 cm³/mol. The lowest BCUT2D eigenvalue weighted by Crippen LogP contribution is -2.43. The zero-order valence-electron chi connectivity index (χ0n) is 13.5. The van der Waals surface area contributed by atoms with E-state index in [4.69, 9.17) is 34.8 Å². The molecule has 1 saturated heterocycles. The normalized spacial score (nSPS) is 18.0. The van der Waals surface area contributed by atoms with E-state index >= 15 is 0 Å². The zero-order valence-corrected chi connectivity index (χ0v) is 16.5. The molecule has 1 amide bonds. The van der Waals surface area contributed by atoms with E-state index in [1.807, 2.05) is 0 Å². The van der Waals surface area contributed by atoms with Crippen molar-refractivity contribution in [2.75, 3.05) is 11.9 Å². The molecule has 0 radical (unpaired) electrons. The average Bonchev–Trinajstić information content (AvgIpc) is 3.09. The second kappa shape index (κ2) is 7.74. The third kappa shape index (κ3) is 4.00. The van der Waals surface area contributed by atoms with E-state index in [1.54, 1.807) is 12.1 Å². The first kappa shape index (κ1) is 19.5. The third-order valence-corrected chi connectivity index (χ3v) is 6.85. The first-order valence-electron chi connectivity index (χ1n) is 7.82. The molecule has 9 heteroatoms. The van der Waals surface area contributed by atoms with Crippen LogP contribution in [0.4, 0.5) is 5.69 Å². The van der Waals surface area contributed by atoms with Gasteiger partial charge in [-0.1, -0.05) is 34.8 Å². The Morgan fingerprint density at radius 1 is 1.04 bits per heavy atom. The largest absolute Gasteiger partial charge is 0.323 e. The molecule has 3 rings (SSSR count). The Kier molecular flexibility index (Phi) is 5.79. The maximum absolute atomic E-state index is 12.9. The van der Waals surface area contributed by atoms with Crippen LogP contribution < -0.4 is 5.32 Å². The van der Waals surface area contributed by atoms with Gasteiger partial charge in [0.05, 0.1) is 15.6 Å². The van der Waals surface area contributed by atoms with Gasteiger partial charge in [0.25, 0.3) is 0 Å². The highest BCUT2D eigenvalue weighted by atomic mass is 35.5. The van der Waals surface area contributed by atoms with Crippen LogP contribution in [0.1, 0.15) is 12.8 Å². The summed E-state index contributed by atoms with van der Waals surface area (Å²) < 4.78 is 27.0. The van der Waals surface area contributed by atoms with E-state index in [0.29, 0.717) is 33.6 Å². The highest BCUT2D eigenvalue weighted by molar-refractivity contribution is 7.89. The summed E-state index contributed by atoms with van der Waals surface area (Å²) in [5.41, 5.74) is 0.347. The number of anilines is 1. The van der Waals surface area contributed by atoms with Crippen molar-refractivity contribution in [2.45, 2.75) is 23.8 Å². The summed E-state index contributed by atoms with van der Waals surface area (Å²) in [5, 5.41) is 3.86. The van der Waals surface area contributed by atoms with E-state index in [-0.39, 0.29) is 11.4 Å². The molecule has 1 aliphatic heterocycles. The monoisotopic (exact) mass is 432 g/mol. The SMILES string of the molecule is O=C(Nc1cc(Cl)ccc1Cl)[C@H]1CCCN1S(=O)(=O)c1ccc(Cl)cc1. The second-order valence-electron chi connectivity index (χ2n) is 5.84. The van der Waals surface area contributed by atoms with Crippen molar-refractivity contribution >= 4 is 56.4 Å². The minimum absolute atomic E-state index is 0.0994. The lowest BCUT2D eigenvalue weighted by atomic mass is 10.2. The molecule has 2 aromatic carbocycles. The van der Waals surface area contributed by atoms with Gasteiger partial charge in [0.2, 0.25) is 15.9 Å². The fraction of sp³-hybridized carbons (Fsp3) is 0.235. The van der Waals surface area contributed by atoms with Gasteiger partial charge in [-0.25, -0.2) is 8.42 Å². The molecule has 26 heavy (non-hydrogen) atoms. The Balaban J connectivity index is 1.84. The van der Waals surface area contributed by atoms with E-state index in [1.165, 1.54) is 34.6 Å². The van der Waals surface area contributed by atoms with E-state index in [9.17, 15) is 13.2 Å². The molecule has 1 N–H and O–H groups in total. The van der Waals surface area contributed by atoms with Gasteiger partial charge in [-0.3, -0.25) is 4.79 Å². The van der Waals surface area contributed by atoms with Gasteiger partial charge in [-0.2, -0.15) is 4.31 Å². The summed E-state index contributed by atoms with van der Waals surface area (Å²) in [7, 11) is -3.81. The van der Waals surface area contributed by atoms with Crippen LogP contribution in [0.25, 0.3) is 0 Å². The van der Waals surface area contributed by atoms with Crippen LogP contribution in [0, 0.1) is 0 Å². The topological polar surface area (TPSA) is 66.5 Å². The second-order valence-corrected chi connectivity index (χ2v) is 9.01. The molecule has 1 aliphatic rings. The van der Waals surface area contributed by atoms with Crippen molar-refractivity contribution in [3.8, 4) is 0 Å². The quantitative estimate of drug-likeness (QED) is 0.775. The molecule has 0 aliphatic carbocycles. The summed E-state index contributed by atoms with van der Waals surface area (Å²) in [6, 6.07) is 9.75. The number of sulfonamides is 1. The number of carbonyl (C=O) groups is 1. The van der Waals surface area contributed by atoms with Gasteiger partial charge in [0.15, 0.2) is 0 Å². The van der Waals surface area contributed by atoms with Crippen molar-refractivity contribution < 1.29 is 13.2 Å². The maximum Gasteiger partial charge on any atom is 0.243 e. The van der Waals surface area contributed by atoms with Crippen molar-refractivity contribution in [3.63, 3.8) is 0 Å². The van der Waals surface area contributed by atoms with Gasteiger partial charge in [0.1, 0.15) is 6.04 Å². The van der Waals surface area contributed by atoms with Crippen molar-refractivity contribution in [2.24, 2.45) is 0 Å². The summed E-state index contributed by atoms with van der Waals surface area (Å²) in [5.74, 6) is -0.441. The summed E-state index contributed by atoms with van der Waals surface area (Å²) >= 11 is 17.8. The van der Waals surface area contributed by atoms with Crippen molar-refractivity contribution in [1.82, 2.24) is 4.31 Å². The molecule has 1 fully saturated rings. The summed E-state index contributed by atoms with van der Waals surface area (Å²) in [6.45, 7) is 0.270. The van der Waals surface area contributed by atoms with Crippen LogP contribution >= 0.6 is 34.8 Å². The average molecular weight is 434 g/mol. The molecule has 1 heterocycles. The number of rotatable bonds is 4. The first-order chi connectivity index (χ1) is 12.3. The van der Waals surface area contributed by atoms with E-state index < -0.39 is 22.0 Å². The number of halogens is 3. The molecule has 0 unspecified atom stereocenters. The summed E-state index contributed by atoms with van der Waals surface area (Å²) in [6.07, 6.45) is 1.02. The van der Waals surface area contributed by atoms with Crippen LogP contribution in [-0.4, -0.2) is 31.2 Å².